The summed E-state index contributed by atoms with van der Waals surface area (Å²) in [7, 11) is 3.49. The van der Waals surface area contributed by atoms with Gasteiger partial charge in [-0.25, -0.2) is 14.8 Å². The van der Waals surface area contributed by atoms with Crippen molar-refractivity contribution in [3.05, 3.63) is 48.3 Å². The molecule has 4 heterocycles. The van der Waals surface area contributed by atoms with Crippen molar-refractivity contribution in [2.75, 3.05) is 50.5 Å². The summed E-state index contributed by atoms with van der Waals surface area (Å²) < 4.78 is 0. The first-order valence-electron chi connectivity index (χ1n) is 9.36. The molecule has 0 unspecified atom stereocenters. The van der Waals surface area contributed by atoms with Gasteiger partial charge in [0.05, 0.1) is 0 Å². The van der Waals surface area contributed by atoms with Gasteiger partial charge in [-0.05, 0) is 17.7 Å². The van der Waals surface area contributed by atoms with Crippen molar-refractivity contribution in [1.29, 1.82) is 0 Å². The van der Waals surface area contributed by atoms with Gasteiger partial charge in [0.15, 0.2) is 0 Å². The third-order valence-electron chi connectivity index (χ3n) is 6.32. The number of nitrogens with one attached hydrogen (secondary N) is 1. The third kappa shape index (κ3) is 2.05. The van der Waals surface area contributed by atoms with Crippen molar-refractivity contribution < 1.29 is 9.59 Å². The Kier molecular flexibility index (Phi) is 3.44. The van der Waals surface area contributed by atoms with Crippen LogP contribution in [0.15, 0.2) is 42.7 Å². The first-order chi connectivity index (χ1) is 13.5. The maximum atomic E-state index is 13.3. The van der Waals surface area contributed by atoms with Crippen molar-refractivity contribution in [1.82, 2.24) is 19.8 Å². The van der Waals surface area contributed by atoms with Crippen LogP contribution in [0.4, 0.5) is 16.4 Å². The Bertz CT molecular complexity index is 956. The van der Waals surface area contributed by atoms with Gasteiger partial charge in [0, 0.05) is 63.8 Å². The third-order valence-corrected chi connectivity index (χ3v) is 6.32. The van der Waals surface area contributed by atoms with E-state index in [2.05, 4.69) is 20.2 Å². The number of anilines is 2. The average Bonchev–Trinajstić information content (AvgIpc) is 3.18. The lowest BCUT2D eigenvalue weighted by Crippen LogP contribution is -2.68. The van der Waals surface area contributed by atoms with Gasteiger partial charge in [0.2, 0.25) is 11.9 Å². The van der Waals surface area contributed by atoms with Crippen molar-refractivity contribution in [2.24, 2.45) is 5.41 Å². The summed E-state index contributed by atoms with van der Waals surface area (Å²) in [5.74, 6) is 0.642. The van der Waals surface area contributed by atoms with Gasteiger partial charge in [-0.2, -0.15) is 0 Å². The Morgan fingerprint density at radius 2 is 1.79 bits per heavy atom. The van der Waals surface area contributed by atoms with Crippen LogP contribution in [0.2, 0.25) is 0 Å². The Morgan fingerprint density at radius 3 is 2.50 bits per heavy atom. The molecule has 3 aliphatic heterocycles. The molecule has 3 amide bonds. The molecular formula is C20H22N6O2. The lowest BCUT2D eigenvalue weighted by Gasteiger charge is -2.54. The molecule has 2 saturated heterocycles. The van der Waals surface area contributed by atoms with Gasteiger partial charge in [0.1, 0.15) is 5.41 Å². The maximum absolute atomic E-state index is 13.3. The highest BCUT2D eigenvalue weighted by molar-refractivity contribution is 6.08. The fraction of sp³-hybridized carbons (Fsp3) is 0.400. The van der Waals surface area contributed by atoms with E-state index in [1.807, 2.05) is 29.2 Å². The molecule has 5 rings (SSSR count). The molecule has 1 N–H and O–H groups in total. The molecule has 28 heavy (non-hydrogen) atoms. The SMILES string of the molecule is CN(C)C(=O)N1CC2(CN(c3ncccn3)C2)[C@@]2(C1)C(=O)Nc1ccccc12. The van der Waals surface area contributed by atoms with Crippen LogP contribution < -0.4 is 10.2 Å². The van der Waals surface area contributed by atoms with Crippen LogP contribution in [0.5, 0.6) is 0 Å². The van der Waals surface area contributed by atoms with Crippen LogP contribution in [0.3, 0.4) is 0 Å². The lowest BCUT2D eigenvalue weighted by molar-refractivity contribution is -0.124. The van der Waals surface area contributed by atoms with Crippen LogP contribution in [0.25, 0.3) is 0 Å². The standard InChI is InChI=1S/C20H22N6O2/c1-24(2)18(28)26-12-19(10-25(11-19)17-21-8-5-9-22-17)20(13-26)14-6-3-4-7-15(14)23-16(20)27/h3-9H,10-13H2,1-2H3,(H,23,27)/t20-/m1/s1. The number of fused-ring (bicyclic) bond motifs is 3. The zero-order chi connectivity index (χ0) is 19.5. The second-order valence-electron chi connectivity index (χ2n) is 8.12. The highest BCUT2D eigenvalue weighted by Crippen LogP contribution is 2.58. The molecule has 0 bridgehead atoms. The summed E-state index contributed by atoms with van der Waals surface area (Å²) in [4.78, 5) is 40.2. The summed E-state index contributed by atoms with van der Waals surface area (Å²) in [6.07, 6.45) is 3.44. The molecule has 0 aliphatic carbocycles. The van der Waals surface area contributed by atoms with Crippen LogP contribution >= 0.6 is 0 Å². The molecule has 1 atom stereocenters. The summed E-state index contributed by atoms with van der Waals surface area (Å²) in [5, 5.41) is 3.06. The second-order valence-corrected chi connectivity index (χ2v) is 8.12. The van der Waals surface area contributed by atoms with E-state index in [9.17, 15) is 9.59 Å². The van der Waals surface area contributed by atoms with E-state index >= 15 is 0 Å². The van der Waals surface area contributed by atoms with Gasteiger partial charge in [0.25, 0.3) is 0 Å². The van der Waals surface area contributed by atoms with Gasteiger partial charge >= 0.3 is 6.03 Å². The summed E-state index contributed by atoms with van der Waals surface area (Å²) in [6.45, 7) is 2.19. The molecule has 1 aromatic carbocycles. The molecule has 1 aromatic heterocycles. The number of para-hydroxylation sites is 1. The molecule has 3 aliphatic rings. The van der Waals surface area contributed by atoms with E-state index in [1.165, 1.54) is 0 Å². The molecule has 2 spiro atoms. The number of urea groups is 1. The predicted molar refractivity (Wildman–Crippen MR) is 104 cm³/mol. The molecule has 2 fully saturated rings. The van der Waals surface area contributed by atoms with Crippen LogP contribution in [-0.2, 0) is 10.2 Å². The summed E-state index contributed by atoms with van der Waals surface area (Å²) in [5.41, 5.74) is 0.720. The van der Waals surface area contributed by atoms with E-state index in [1.54, 1.807) is 37.5 Å². The number of likely N-dealkylation sites (tertiary alicyclic amines) is 1. The van der Waals surface area contributed by atoms with E-state index < -0.39 is 5.41 Å². The number of benzene rings is 1. The van der Waals surface area contributed by atoms with Crippen molar-refractivity contribution in [2.45, 2.75) is 5.41 Å². The topological polar surface area (TPSA) is 81.7 Å². The average molecular weight is 378 g/mol. The normalized spacial score (nSPS) is 24.3. The van der Waals surface area contributed by atoms with Gasteiger partial charge in [-0.15, -0.1) is 0 Å². The second kappa shape index (κ2) is 5.67. The number of rotatable bonds is 1. The first kappa shape index (κ1) is 17.0. The predicted octanol–water partition coefficient (Wildman–Crippen LogP) is 1.17. The summed E-state index contributed by atoms with van der Waals surface area (Å²) >= 11 is 0. The molecular weight excluding hydrogens is 356 g/mol. The van der Waals surface area contributed by atoms with Gasteiger partial charge < -0.3 is 20.0 Å². The monoisotopic (exact) mass is 378 g/mol. The van der Waals surface area contributed by atoms with Crippen LogP contribution in [-0.4, -0.2) is 72.0 Å². The van der Waals surface area contributed by atoms with E-state index in [4.69, 9.17) is 0 Å². The molecule has 8 nitrogen and oxygen atoms in total. The highest BCUT2D eigenvalue weighted by Gasteiger charge is 2.70. The Hall–Kier alpha value is -3.16. The van der Waals surface area contributed by atoms with E-state index in [0.29, 0.717) is 32.1 Å². The van der Waals surface area contributed by atoms with E-state index in [-0.39, 0.29) is 17.4 Å². The Labute approximate surface area is 163 Å². The van der Waals surface area contributed by atoms with Crippen molar-refractivity contribution in [3.8, 4) is 0 Å². The Balaban J connectivity index is 1.57. The molecule has 0 radical (unpaired) electrons. The zero-order valence-electron chi connectivity index (χ0n) is 15.9. The molecule has 144 valence electrons. The first-order valence-corrected chi connectivity index (χ1v) is 9.36. The van der Waals surface area contributed by atoms with Gasteiger partial charge in [-0.3, -0.25) is 4.79 Å². The van der Waals surface area contributed by atoms with Crippen LogP contribution in [0, 0.1) is 5.41 Å². The smallest absolute Gasteiger partial charge is 0.319 e. The largest absolute Gasteiger partial charge is 0.339 e. The van der Waals surface area contributed by atoms with Crippen molar-refractivity contribution >= 4 is 23.6 Å². The number of nitrogens with zero attached hydrogens (tertiary/aromatic N) is 5. The Morgan fingerprint density at radius 1 is 1.07 bits per heavy atom. The van der Waals surface area contributed by atoms with Crippen LogP contribution in [0.1, 0.15) is 5.56 Å². The number of hydrogen-bond acceptors (Lipinski definition) is 5. The minimum atomic E-state index is -0.749. The molecule has 8 heteroatoms. The molecule has 2 aromatic rings. The number of carbonyl (C=O) groups excluding carboxylic acids is 2. The number of aromatic nitrogens is 2. The maximum Gasteiger partial charge on any atom is 0.319 e. The minimum absolute atomic E-state index is 0.0172. The van der Waals surface area contributed by atoms with Gasteiger partial charge in [-0.1, -0.05) is 18.2 Å². The zero-order valence-corrected chi connectivity index (χ0v) is 15.9. The fourth-order valence-corrected chi connectivity index (χ4v) is 5.08. The fourth-order valence-electron chi connectivity index (χ4n) is 5.08. The highest BCUT2D eigenvalue weighted by atomic mass is 16.2. The number of hydrogen-bond donors (Lipinski definition) is 1. The number of carbonyl (C=O) groups is 2. The summed E-state index contributed by atoms with van der Waals surface area (Å²) in [6, 6.07) is 9.55. The number of amides is 3. The lowest BCUT2D eigenvalue weighted by atomic mass is 9.58. The quantitative estimate of drug-likeness (QED) is 0.806. The van der Waals surface area contributed by atoms with E-state index in [0.717, 1.165) is 11.3 Å². The molecule has 0 saturated carbocycles. The van der Waals surface area contributed by atoms with Crippen molar-refractivity contribution in [3.63, 3.8) is 0 Å². The minimum Gasteiger partial charge on any atom is -0.339 e.